The summed E-state index contributed by atoms with van der Waals surface area (Å²) in [6.45, 7) is 0.476. The topological polar surface area (TPSA) is 45.2 Å². The van der Waals surface area contributed by atoms with Gasteiger partial charge in [-0.3, -0.25) is 4.79 Å². The maximum Gasteiger partial charge on any atom is 0.255 e. The molecule has 0 bridgehead atoms. The Morgan fingerprint density at radius 3 is 2.57 bits per heavy atom. The summed E-state index contributed by atoms with van der Waals surface area (Å²) in [5.41, 5.74) is 1.42. The summed E-state index contributed by atoms with van der Waals surface area (Å²) in [5, 5.41) is 3.89. The molecule has 1 amide bonds. The van der Waals surface area contributed by atoms with Crippen molar-refractivity contribution in [1.29, 1.82) is 0 Å². The lowest BCUT2D eigenvalue weighted by Crippen LogP contribution is -2.26. The molecule has 1 N–H and O–H groups in total. The second-order valence-electron chi connectivity index (χ2n) is 4.59. The van der Waals surface area contributed by atoms with E-state index in [1.54, 1.807) is 37.2 Å². The number of nitrogens with zero attached hydrogens (tertiary/aromatic N) is 2. The number of rotatable bonds is 4. The number of aromatic nitrogens is 1. The smallest absolute Gasteiger partial charge is 0.255 e. The summed E-state index contributed by atoms with van der Waals surface area (Å²) < 4.78 is 0. The van der Waals surface area contributed by atoms with Crippen LogP contribution in [0.25, 0.3) is 0 Å². The highest BCUT2D eigenvalue weighted by Gasteiger charge is 2.16. The van der Waals surface area contributed by atoms with E-state index >= 15 is 0 Å². The van der Waals surface area contributed by atoms with E-state index < -0.39 is 0 Å². The highest BCUT2D eigenvalue weighted by Crippen LogP contribution is 2.20. The van der Waals surface area contributed by atoms with Gasteiger partial charge < -0.3 is 10.2 Å². The third-order valence-corrected chi connectivity index (χ3v) is 3.57. The van der Waals surface area contributed by atoms with Gasteiger partial charge in [0.25, 0.3) is 5.91 Å². The Morgan fingerprint density at radius 2 is 1.95 bits per heavy atom. The van der Waals surface area contributed by atoms with Crippen LogP contribution in [0.5, 0.6) is 0 Å². The maximum atomic E-state index is 12.5. The molecular formula is C15H15Cl2N3O. The van der Waals surface area contributed by atoms with Crippen LogP contribution in [-0.4, -0.2) is 29.9 Å². The average Bonchev–Trinajstić information content (AvgIpc) is 2.49. The van der Waals surface area contributed by atoms with E-state index in [9.17, 15) is 4.79 Å². The third-order valence-electron chi connectivity index (χ3n) is 3.02. The third kappa shape index (κ3) is 3.86. The Kier molecular flexibility index (Phi) is 5.04. The number of hydrogen-bond acceptors (Lipinski definition) is 3. The van der Waals surface area contributed by atoms with Crippen LogP contribution >= 0.6 is 23.2 Å². The van der Waals surface area contributed by atoms with Gasteiger partial charge in [-0.15, -0.1) is 0 Å². The normalized spacial score (nSPS) is 10.3. The zero-order chi connectivity index (χ0) is 15.4. The molecule has 21 heavy (non-hydrogen) atoms. The van der Waals surface area contributed by atoms with Crippen molar-refractivity contribution < 1.29 is 4.79 Å². The van der Waals surface area contributed by atoms with Gasteiger partial charge in [0.15, 0.2) is 0 Å². The molecule has 1 aromatic carbocycles. The first kappa shape index (κ1) is 15.6. The molecule has 6 heteroatoms. The molecule has 0 aliphatic carbocycles. The quantitative estimate of drug-likeness (QED) is 0.933. The van der Waals surface area contributed by atoms with E-state index in [-0.39, 0.29) is 5.91 Å². The number of carbonyl (C=O) groups is 1. The van der Waals surface area contributed by atoms with Crippen LogP contribution in [-0.2, 0) is 6.54 Å². The summed E-state index contributed by atoms with van der Waals surface area (Å²) >= 11 is 11.9. The van der Waals surface area contributed by atoms with Crippen LogP contribution in [0.4, 0.5) is 5.82 Å². The van der Waals surface area contributed by atoms with Crippen molar-refractivity contribution in [2.75, 3.05) is 19.4 Å². The largest absolute Gasteiger partial charge is 0.373 e. The van der Waals surface area contributed by atoms with Crippen molar-refractivity contribution in [2.45, 2.75) is 6.54 Å². The summed E-state index contributed by atoms with van der Waals surface area (Å²) in [5.74, 6) is 0.441. The van der Waals surface area contributed by atoms with Gasteiger partial charge in [0.2, 0.25) is 0 Å². The molecule has 0 radical (unpaired) electrons. The molecule has 0 aliphatic rings. The Balaban J connectivity index is 2.17. The number of amides is 1. The highest BCUT2D eigenvalue weighted by molar-refractivity contribution is 6.33. The van der Waals surface area contributed by atoms with E-state index in [1.165, 1.54) is 6.20 Å². The van der Waals surface area contributed by atoms with E-state index in [0.29, 0.717) is 28.0 Å². The molecule has 0 fully saturated rings. The van der Waals surface area contributed by atoms with Gasteiger partial charge in [-0.2, -0.15) is 0 Å². The SMILES string of the molecule is CNc1cc(C(=O)N(C)Cc2ccc(Cl)cc2)c(Cl)cn1. The highest BCUT2D eigenvalue weighted by atomic mass is 35.5. The van der Waals surface area contributed by atoms with Crippen molar-refractivity contribution in [1.82, 2.24) is 9.88 Å². The number of benzene rings is 1. The van der Waals surface area contributed by atoms with Crippen LogP contribution in [0, 0.1) is 0 Å². The van der Waals surface area contributed by atoms with Gasteiger partial charge >= 0.3 is 0 Å². The average molecular weight is 324 g/mol. The van der Waals surface area contributed by atoms with E-state index in [1.807, 2.05) is 12.1 Å². The molecule has 0 spiro atoms. The van der Waals surface area contributed by atoms with E-state index in [0.717, 1.165) is 5.56 Å². The van der Waals surface area contributed by atoms with Crippen molar-refractivity contribution in [3.8, 4) is 0 Å². The predicted octanol–water partition coefficient (Wildman–Crippen LogP) is 3.70. The first-order valence-electron chi connectivity index (χ1n) is 6.34. The number of nitrogens with one attached hydrogen (secondary N) is 1. The van der Waals surface area contributed by atoms with Gasteiger partial charge in [0.1, 0.15) is 5.82 Å². The molecular weight excluding hydrogens is 309 g/mol. The van der Waals surface area contributed by atoms with Gasteiger partial charge in [0.05, 0.1) is 10.6 Å². The Hall–Kier alpha value is -1.78. The Labute approximate surface area is 133 Å². The van der Waals surface area contributed by atoms with Crippen LogP contribution in [0.1, 0.15) is 15.9 Å². The molecule has 0 atom stereocenters. The molecule has 4 nitrogen and oxygen atoms in total. The molecule has 2 rings (SSSR count). The summed E-state index contributed by atoms with van der Waals surface area (Å²) in [6.07, 6.45) is 1.47. The second-order valence-corrected chi connectivity index (χ2v) is 5.43. The standard InChI is InChI=1S/C15H15Cl2N3O/c1-18-14-7-12(13(17)8-19-14)15(21)20(2)9-10-3-5-11(16)6-4-10/h3-8H,9H2,1-2H3,(H,18,19). The minimum absolute atomic E-state index is 0.158. The molecule has 1 aromatic heterocycles. The van der Waals surface area contributed by atoms with Gasteiger partial charge in [-0.05, 0) is 23.8 Å². The molecule has 0 aliphatic heterocycles. The van der Waals surface area contributed by atoms with Gasteiger partial charge in [-0.1, -0.05) is 35.3 Å². The minimum atomic E-state index is -0.158. The van der Waals surface area contributed by atoms with Crippen molar-refractivity contribution in [3.63, 3.8) is 0 Å². The number of pyridine rings is 1. The fourth-order valence-corrected chi connectivity index (χ4v) is 2.19. The Morgan fingerprint density at radius 1 is 1.29 bits per heavy atom. The maximum absolute atomic E-state index is 12.5. The monoisotopic (exact) mass is 323 g/mol. The molecule has 110 valence electrons. The van der Waals surface area contributed by atoms with E-state index in [2.05, 4.69) is 10.3 Å². The van der Waals surface area contributed by atoms with Crippen LogP contribution in [0.3, 0.4) is 0 Å². The fourth-order valence-electron chi connectivity index (χ4n) is 1.88. The van der Waals surface area contributed by atoms with Crippen molar-refractivity contribution in [2.24, 2.45) is 0 Å². The predicted molar refractivity (Wildman–Crippen MR) is 86.0 cm³/mol. The summed E-state index contributed by atoms with van der Waals surface area (Å²) in [6, 6.07) is 9.02. The van der Waals surface area contributed by atoms with Crippen LogP contribution in [0.15, 0.2) is 36.5 Å². The zero-order valence-electron chi connectivity index (χ0n) is 11.7. The first-order chi connectivity index (χ1) is 10.0. The van der Waals surface area contributed by atoms with Crippen LogP contribution in [0.2, 0.25) is 10.0 Å². The van der Waals surface area contributed by atoms with Gasteiger partial charge in [0, 0.05) is 31.9 Å². The molecule has 1 heterocycles. The Bertz CT molecular complexity index is 644. The van der Waals surface area contributed by atoms with Gasteiger partial charge in [-0.25, -0.2) is 4.98 Å². The first-order valence-corrected chi connectivity index (χ1v) is 7.10. The number of halogens is 2. The zero-order valence-corrected chi connectivity index (χ0v) is 13.2. The number of anilines is 1. The summed E-state index contributed by atoms with van der Waals surface area (Å²) in [4.78, 5) is 18.1. The second kappa shape index (κ2) is 6.78. The lowest BCUT2D eigenvalue weighted by molar-refractivity contribution is 0.0785. The number of hydrogen-bond donors (Lipinski definition) is 1. The lowest BCUT2D eigenvalue weighted by atomic mass is 10.2. The summed E-state index contributed by atoms with van der Waals surface area (Å²) in [7, 11) is 3.47. The number of carbonyl (C=O) groups excluding carboxylic acids is 1. The fraction of sp³-hybridized carbons (Fsp3) is 0.200. The van der Waals surface area contributed by atoms with E-state index in [4.69, 9.17) is 23.2 Å². The molecule has 2 aromatic rings. The van der Waals surface area contributed by atoms with Crippen molar-refractivity contribution >= 4 is 34.9 Å². The molecule has 0 unspecified atom stereocenters. The molecule has 0 saturated carbocycles. The molecule has 0 saturated heterocycles. The van der Waals surface area contributed by atoms with Crippen LogP contribution < -0.4 is 5.32 Å². The van der Waals surface area contributed by atoms with Crippen molar-refractivity contribution in [3.05, 3.63) is 57.7 Å². The minimum Gasteiger partial charge on any atom is -0.373 e. The lowest BCUT2D eigenvalue weighted by Gasteiger charge is -2.18.